The van der Waals surface area contributed by atoms with Crippen LogP contribution in [0.5, 0.6) is 0 Å². The first kappa shape index (κ1) is 20.9. The molecular formula is C21H33N5O. The summed E-state index contributed by atoms with van der Waals surface area (Å²) in [5.41, 5.74) is 1.15. The molecule has 6 heteroatoms. The lowest BCUT2D eigenvalue weighted by Gasteiger charge is -2.23. The van der Waals surface area contributed by atoms with Crippen LogP contribution in [0, 0.1) is 0 Å². The number of hydrogen-bond donors (Lipinski definition) is 1. The molecule has 2 heterocycles. The zero-order valence-corrected chi connectivity index (χ0v) is 17.9. The molecule has 2 aromatic rings. The highest BCUT2D eigenvalue weighted by Crippen LogP contribution is 2.28. The predicted octanol–water partition coefficient (Wildman–Crippen LogP) is 4.43. The molecule has 0 spiro atoms. The van der Waals surface area contributed by atoms with Gasteiger partial charge in [-0.05, 0) is 46.8 Å². The van der Waals surface area contributed by atoms with Crippen LogP contribution in [0.15, 0.2) is 24.4 Å². The molecule has 0 saturated carbocycles. The van der Waals surface area contributed by atoms with Gasteiger partial charge in [-0.3, -0.25) is 4.79 Å². The topological polar surface area (TPSA) is 63.1 Å². The van der Waals surface area contributed by atoms with Crippen LogP contribution in [-0.2, 0) is 11.0 Å². The third kappa shape index (κ3) is 4.87. The second-order valence-electron chi connectivity index (χ2n) is 8.78. The third-order valence-corrected chi connectivity index (χ3v) is 4.45. The van der Waals surface area contributed by atoms with Gasteiger partial charge in [-0.25, -0.2) is 9.67 Å². The van der Waals surface area contributed by atoms with Gasteiger partial charge < -0.3 is 10.2 Å². The molecule has 0 radical (unpaired) electrons. The predicted molar refractivity (Wildman–Crippen MR) is 112 cm³/mol. The summed E-state index contributed by atoms with van der Waals surface area (Å²) in [7, 11) is 0. The lowest BCUT2D eigenvalue weighted by atomic mass is 9.92. The Bertz CT molecular complexity index is 774. The molecule has 6 nitrogen and oxygen atoms in total. The third-order valence-electron chi connectivity index (χ3n) is 4.45. The number of carbonyl (C=O) groups is 1. The highest BCUT2D eigenvalue weighted by molar-refractivity contribution is 6.03. The normalized spacial score (nSPS) is 12.1. The van der Waals surface area contributed by atoms with Crippen LogP contribution >= 0.6 is 0 Å². The molecule has 0 atom stereocenters. The summed E-state index contributed by atoms with van der Waals surface area (Å²) in [5.74, 6) is 1.40. The smallest absolute Gasteiger partial charge is 0.258 e. The van der Waals surface area contributed by atoms with Gasteiger partial charge in [0.1, 0.15) is 11.6 Å². The number of nitrogens with zero attached hydrogens (tertiary/aromatic N) is 4. The molecule has 0 unspecified atom stereocenters. The van der Waals surface area contributed by atoms with Crippen molar-refractivity contribution in [2.75, 3.05) is 23.3 Å². The molecule has 0 saturated heterocycles. The Labute approximate surface area is 163 Å². The molecule has 0 fully saturated rings. The Morgan fingerprint density at radius 3 is 2.19 bits per heavy atom. The summed E-state index contributed by atoms with van der Waals surface area (Å²) < 4.78 is 1.88. The monoisotopic (exact) mass is 371 g/mol. The van der Waals surface area contributed by atoms with Gasteiger partial charge in [0, 0.05) is 30.8 Å². The first-order valence-electron chi connectivity index (χ1n) is 9.60. The largest absolute Gasteiger partial charge is 0.357 e. The van der Waals surface area contributed by atoms with Crippen molar-refractivity contribution < 1.29 is 4.79 Å². The van der Waals surface area contributed by atoms with E-state index in [9.17, 15) is 4.79 Å². The average Bonchev–Trinajstić information content (AvgIpc) is 3.01. The van der Waals surface area contributed by atoms with Gasteiger partial charge in [0.15, 0.2) is 0 Å². The number of rotatable bonds is 5. The van der Waals surface area contributed by atoms with Crippen LogP contribution in [-0.4, -0.2) is 33.8 Å². The van der Waals surface area contributed by atoms with Crippen molar-refractivity contribution in [3.63, 3.8) is 0 Å². The van der Waals surface area contributed by atoms with E-state index in [0.717, 1.165) is 24.6 Å². The fourth-order valence-electron chi connectivity index (χ4n) is 2.79. The molecule has 0 aliphatic carbocycles. The van der Waals surface area contributed by atoms with E-state index in [1.807, 2.05) is 22.9 Å². The zero-order valence-electron chi connectivity index (χ0n) is 17.9. The summed E-state index contributed by atoms with van der Waals surface area (Å²) in [6.45, 7) is 18.5. The number of aromatic nitrogens is 3. The first-order chi connectivity index (χ1) is 12.5. The van der Waals surface area contributed by atoms with Gasteiger partial charge in [0.05, 0.1) is 16.8 Å². The Hall–Kier alpha value is -2.37. The molecule has 0 aliphatic heterocycles. The highest BCUT2D eigenvalue weighted by Gasteiger charge is 2.26. The van der Waals surface area contributed by atoms with E-state index >= 15 is 0 Å². The fourth-order valence-corrected chi connectivity index (χ4v) is 2.79. The molecule has 0 bridgehead atoms. The minimum absolute atomic E-state index is 0.0943. The lowest BCUT2D eigenvalue weighted by molar-refractivity contribution is 0.102. The quantitative estimate of drug-likeness (QED) is 0.844. The molecular weight excluding hydrogens is 338 g/mol. The van der Waals surface area contributed by atoms with E-state index < -0.39 is 0 Å². The Balaban J connectivity index is 2.28. The van der Waals surface area contributed by atoms with Crippen LogP contribution in [0.2, 0.25) is 0 Å². The number of hydrogen-bond acceptors (Lipinski definition) is 4. The van der Waals surface area contributed by atoms with Crippen molar-refractivity contribution in [3.8, 4) is 0 Å². The molecule has 2 rings (SSSR count). The van der Waals surface area contributed by atoms with Gasteiger partial charge in [0.2, 0.25) is 0 Å². The van der Waals surface area contributed by atoms with Crippen LogP contribution in [0.25, 0.3) is 0 Å². The standard InChI is InChI=1S/C21H33N5O/c1-9-25(10-2)17-12-11-15(14-22-17)19(27)23-18-13-16(20(3,4)5)24-26(18)21(6,7)8/h11-14H,9-10H2,1-8H3,(H,23,27). The summed E-state index contributed by atoms with van der Waals surface area (Å²) >= 11 is 0. The van der Waals surface area contributed by atoms with E-state index in [0.29, 0.717) is 11.4 Å². The van der Waals surface area contributed by atoms with E-state index in [-0.39, 0.29) is 16.9 Å². The number of amides is 1. The number of nitrogens with one attached hydrogen (secondary N) is 1. The Morgan fingerprint density at radius 2 is 1.74 bits per heavy atom. The van der Waals surface area contributed by atoms with Gasteiger partial charge in [-0.15, -0.1) is 0 Å². The minimum Gasteiger partial charge on any atom is -0.357 e. The van der Waals surface area contributed by atoms with Gasteiger partial charge in [-0.1, -0.05) is 20.8 Å². The van der Waals surface area contributed by atoms with Gasteiger partial charge in [0.25, 0.3) is 5.91 Å². The Kier molecular flexibility index (Phi) is 5.97. The fraction of sp³-hybridized carbons (Fsp3) is 0.571. The molecule has 0 aliphatic rings. The molecule has 1 N–H and O–H groups in total. The molecule has 1 amide bonds. The van der Waals surface area contributed by atoms with Crippen LogP contribution in [0.1, 0.15) is 71.4 Å². The first-order valence-corrected chi connectivity index (χ1v) is 9.60. The lowest BCUT2D eigenvalue weighted by Crippen LogP contribution is -2.27. The van der Waals surface area contributed by atoms with Gasteiger partial charge >= 0.3 is 0 Å². The van der Waals surface area contributed by atoms with Crippen molar-refractivity contribution >= 4 is 17.5 Å². The van der Waals surface area contributed by atoms with E-state index in [2.05, 4.69) is 70.6 Å². The van der Waals surface area contributed by atoms with E-state index in [4.69, 9.17) is 5.10 Å². The SMILES string of the molecule is CCN(CC)c1ccc(C(=O)Nc2cc(C(C)(C)C)nn2C(C)(C)C)cn1. The molecule has 2 aromatic heterocycles. The second kappa shape index (κ2) is 7.71. The van der Waals surface area contributed by atoms with E-state index in [1.165, 1.54) is 0 Å². The highest BCUT2D eigenvalue weighted by atomic mass is 16.1. The summed E-state index contributed by atoms with van der Waals surface area (Å²) in [6, 6.07) is 5.67. The van der Waals surface area contributed by atoms with Crippen LogP contribution in [0.4, 0.5) is 11.6 Å². The van der Waals surface area contributed by atoms with Gasteiger partial charge in [-0.2, -0.15) is 5.10 Å². The number of pyridine rings is 1. The maximum Gasteiger partial charge on any atom is 0.258 e. The van der Waals surface area contributed by atoms with Crippen LogP contribution in [0.3, 0.4) is 0 Å². The Morgan fingerprint density at radius 1 is 1.11 bits per heavy atom. The summed E-state index contributed by atoms with van der Waals surface area (Å²) in [5, 5.41) is 7.75. The summed E-state index contributed by atoms with van der Waals surface area (Å²) in [4.78, 5) is 19.4. The zero-order chi connectivity index (χ0) is 20.4. The molecule has 0 aromatic carbocycles. The molecule has 148 valence electrons. The van der Waals surface area contributed by atoms with Crippen molar-refractivity contribution in [2.24, 2.45) is 0 Å². The maximum atomic E-state index is 12.8. The second-order valence-corrected chi connectivity index (χ2v) is 8.78. The average molecular weight is 372 g/mol. The van der Waals surface area contributed by atoms with Crippen molar-refractivity contribution in [1.82, 2.24) is 14.8 Å². The summed E-state index contributed by atoms with van der Waals surface area (Å²) in [6.07, 6.45) is 1.63. The van der Waals surface area contributed by atoms with Crippen molar-refractivity contribution in [2.45, 2.75) is 66.3 Å². The number of anilines is 2. The molecule has 27 heavy (non-hydrogen) atoms. The van der Waals surface area contributed by atoms with Crippen molar-refractivity contribution in [1.29, 1.82) is 0 Å². The van der Waals surface area contributed by atoms with Crippen molar-refractivity contribution in [3.05, 3.63) is 35.7 Å². The number of carbonyl (C=O) groups excluding carboxylic acids is 1. The van der Waals surface area contributed by atoms with Crippen LogP contribution < -0.4 is 10.2 Å². The van der Waals surface area contributed by atoms with E-state index in [1.54, 1.807) is 6.20 Å². The maximum absolute atomic E-state index is 12.8. The minimum atomic E-state index is -0.239.